The van der Waals surface area contributed by atoms with Crippen molar-refractivity contribution in [2.24, 2.45) is 17.4 Å². The number of hydrogen-bond acceptors (Lipinski definition) is 4. The topological polar surface area (TPSA) is 85.2 Å². The van der Waals surface area contributed by atoms with Crippen molar-refractivity contribution in [2.45, 2.75) is 19.4 Å². The molecule has 0 aliphatic carbocycles. The van der Waals surface area contributed by atoms with Crippen LogP contribution in [0.4, 0.5) is 5.82 Å². The zero-order valence-electron chi connectivity index (χ0n) is 9.80. The maximum absolute atomic E-state index is 11.2. The van der Waals surface area contributed by atoms with Crippen LogP contribution in [-0.4, -0.2) is 24.0 Å². The first kappa shape index (κ1) is 11.9. The van der Waals surface area contributed by atoms with E-state index in [1.165, 1.54) is 0 Å². The van der Waals surface area contributed by atoms with Gasteiger partial charge >= 0.3 is 0 Å². The molecular weight excluding hydrogens is 216 g/mol. The lowest BCUT2D eigenvalue weighted by Gasteiger charge is -2.33. The Morgan fingerprint density at radius 2 is 2.41 bits per heavy atom. The summed E-state index contributed by atoms with van der Waals surface area (Å²) in [5, 5.41) is 0. The SMILES string of the molecule is NCc1cccnc1N1CCC[C@H](C(N)=O)C1. The molecule has 17 heavy (non-hydrogen) atoms. The lowest BCUT2D eigenvalue weighted by molar-refractivity contribution is -0.122. The van der Waals surface area contributed by atoms with E-state index in [-0.39, 0.29) is 11.8 Å². The fraction of sp³-hybridized carbons (Fsp3) is 0.500. The average Bonchev–Trinajstić information content (AvgIpc) is 2.39. The van der Waals surface area contributed by atoms with Gasteiger partial charge in [-0.3, -0.25) is 4.79 Å². The van der Waals surface area contributed by atoms with Crippen molar-refractivity contribution in [3.05, 3.63) is 23.9 Å². The van der Waals surface area contributed by atoms with Crippen LogP contribution in [0.15, 0.2) is 18.3 Å². The average molecular weight is 234 g/mol. The van der Waals surface area contributed by atoms with Gasteiger partial charge in [0.25, 0.3) is 0 Å². The van der Waals surface area contributed by atoms with E-state index in [1.54, 1.807) is 6.20 Å². The molecule has 1 aromatic rings. The number of hydrogen-bond donors (Lipinski definition) is 2. The number of pyridine rings is 1. The Hall–Kier alpha value is -1.62. The molecule has 2 rings (SSSR count). The number of piperidine rings is 1. The molecular formula is C12H18N4O. The van der Waals surface area contributed by atoms with Crippen LogP contribution in [0, 0.1) is 5.92 Å². The van der Waals surface area contributed by atoms with Crippen LogP contribution in [0.3, 0.4) is 0 Å². The Bertz CT molecular complexity index is 407. The maximum Gasteiger partial charge on any atom is 0.222 e. The molecule has 1 aromatic heterocycles. The summed E-state index contributed by atoms with van der Waals surface area (Å²) in [6, 6.07) is 3.84. The lowest BCUT2D eigenvalue weighted by Crippen LogP contribution is -2.42. The molecule has 5 heteroatoms. The molecule has 1 amide bonds. The van der Waals surface area contributed by atoms with Gasteiger partial charge in [-0.15, -0.1) is 0 Å². The third kappa shape index (κ3) is 2.55. The number of carbonyl (C=O) groups is 1. The van der Waals surface area contributed by atoms with Crippen molar-refractivity contribution in [1.82, 2.24) is 4.98 Å². The van der Waals surface area contributed by atoms with E-state index in [4.69, 9.17) is 11.5 Å². The first-order chi connectivity index (χ1) is 8.22. The summed E-state index contributed by atoms with van der Waals surface area (Å²) in [5.41, 5.74) is 12.1. The van der Waals surface area contributed by atoms with Gasteiger partial charge in [-0.1, -0.05) is 6.07 Å². The number of amides is 1. The summed E-state index contributed by atoms with van der Waals surface area (Å²) >= 11 is 0. The van der Waals surface area contributed by atoms with Crippen molar-refractivity contribution < 1.29 is 4.79 Å². The number of rotatable bonds is 3. The monoisotopic (exact) mass is 234 g/mol. The van der Waals surface area contributed by atoms with Crippen LogP contribution < -0.4 is 16.4 Å². The molecule has 1 saturated heterocycles. The molecule has 1 atom stereocenters. The number of anilines is 1. The zero-order valence-corrected chi connectivity index (χ0v) is 9.80. The molecule has 0 radical (unpaired) electrons. The number of carbonyl (C=O) groups excluding carboxylic acids is 1. The van der Waals surface area contributed by atoms with E-state index < -0.39 is 0 Å². The molecule has 0 bridgehead atoms. The predicted octanol–water partition coefficient (Wildman–Crippen LogP) is 0.242. The van der Waals surface area contributed by atoms with Crippen LogP contribution >= 0.6 is 0 Å². The van der Waals surface area contributed by atoms with Gasteiger partial charge in [0.1, 0.15) is 5.82 Å². The van der Waals surface area contributed by atoms with E-state index in [1.807, 2.05) is 12.1 Å². The van der Waals surface area contributed by atoms with Gasteiger partial charge in [0.15, 0.2) is 0 Å². The molecule has 0 spiro atoms. The Kier molecular flexibility index (Phi) is 3.58. The lowest BCUT2D eigenvalue weighted by atomic mass is 9.97. The summed E-state index contributed by atoms with van der Waals surface area (Å²) < 4.78 is 0. The molecule has 1 aliphatic heterocycles. The largest absolute Gasteiger partial charge is 0.369 e. The Balaban J connectivity index is 2.18. The van der Waals surface area contributed by atoms with Crippen molar-refractivity contribution >= 4 is 11.7 Å². The molecule has 1 fully saturated rings. The molecule has 0 unspecified atom stereocenters. The van der Waals surface area contributed by atoms with E-state index in [2.05, 4.69) is 9.88 Å². The van der Waals surface area contributed by atoms with Crippen LogP contribution in [0.2, 0.25) is 0 Å². The summed E-state index contributed by atoms with van der Waals surface area (Å²) in [6.07, 6.45) is 3.59. The van der Waals surface area contributed by atoms with Crippen molar-refractivity contribution in [2.75, 3.05) is 18.0 Å². The van der Waals surface area contributed by atoms with Crippen LogP contribution in [-0.2, 0) is 11.3 Å². The van der Waals surface area contributed by atoms with E-state index in [0.29, 0.717) is 13.1 Å². The number of primary amides is 1. The second-order valence-electron chi connectivity index (χ2n) is 4.38. The van der Waals surface area contributed by atoms with E-state index in [0.717, 1.165) is 30.8 Å². The highest BCUT2D eigenvalue weighted by Crippen LogP contribution is 2.23. The standard InChI is InChI=1S/C12H18N4O/c13-7-9-3-1-5-15-12(9)16-6-2-4-10(8-16)11(14)17/h1,3,5,10H,2,4,6-8,13H2,(H2,14,17)/t10-/m0/s1. The highest BCUT2D eigenvalue weighted by molar-refractivity contribution is 5.77. The molecule has 5 nitrogen and oxygen atoms in total. The van der Waals surface area contributed by atoms with Crippen LogP contribution in [0.1, 0.15) is 18.4 Å². The quantitative estimate of drug-likeness (QED) is 0.784. The van der Waals surface area contributed by atoms with Crippen molar-refractivity contribution in [3.8, 4) is 0 Å². The summed E-state index contributed by atoms with van der Waals surface area (Å²) in [4.78, 5) is 17.7. The Labute approximate surface area is 101 Å². The van der Waals surface area contributed by atoms with Crippen LogP contribution in [0.5, 0.6) is 0 Å². The second kappa shape index (κ2) is 5.14. The molecule has 1 aliphatic rings. The van der Waals surface area contributed by atoms with Gasteiger partial charge in [-0.25, -0.2) is 4.98 Å². The minimum Gasteiger partial charge on any atom is -0.369 e. The van der Waals surface area contributed by atoms with E-state index >= 15 is 0 Å². The molecule has 92 valence electrons. The predicted molar refractivity (Wildman–Crippen MR) is 66.3 cm³/mol. The fourth-order valence-corrected chi connectivity index (χ4v) is 2.28. The zero-order chi connectivity index (χ0) is 12.3. The minimum atomic E-state index is -0.222. The summed E-state index contributed by atoms with van der Waals surface area (Å²) in [6.45, 7) is 2.02. The Morgan fingerprint density at radius 1 is 1.59 bits per heavy atom. The highest BCUT2D eigenvalue weighted by Gasteiger charge is 2.25. The maximum atomic E-state index is 11.2. The molecule has 0 aromatic carbocycles. The molecule has 2 heterocycles. The normalized spacial score (nSPS) is 20.3. The third-order valence-corrected chi connectivity index (χ3v) is 3.21. The summed E-state index contributed by atoms with van der Waals surface area (Å²) in [7, 11) is 0. The smallest absolute Gasteiger partial charge is 0.222 e. The second-order valence-corrected chi connectivity index (χ2v) is 4.38. The van der Waals surface area contributed by atoms with Gasteiger partial charge in [0.05, 0.1) is 5.92 Å². The number of aromatic nitrogens is 1. The van der Waals surface area contributed by atoms with Gasteiger partial charge in [0.2, 0.25) is 5.91 Å². The van der Waals surface area contributed by atoms with Gasteiger partial charge in [-0.05, 0) is 18.9 Å². The van der Waals surface area contributed by atoms with Gasteiger partial charge < -0.3 is 16.4 Å². The van der Waals surface area contributed by atoms with Crippen LogP contribution in [0.25, 0.3) is 0 Å². The number of nitrogens with two attached hydrogens (primary N) is 2. The van der Waals surface area contributed by atoms with Crippen molar-refractivity contribution in [1.29, 1.82) is 0 Å². The van der Waals surface area contributed by atoms with E-state index in [9.17, 15) is 4.79 Å². The van der Waals surface area contributed by atoms with Gasteiger partial charge in [-0.2, -0.15) is 0 Å². The third-order valence-electron chi connectivity index (χ3n) is 3.21. The minimum absolute atomic E-state index is 0.0728. The first-order valence-electron chi connectivity index (χ1n) is 5.90. The highest BCUT2D eigenvalue weighted by atomic mass is 16.1. The van der Waals surface area contributed by atoms with Crippen molar-refractivity contribution in [3.63, 3.8) is 0 Å². The molecule has 4 N–H and O–H groups in total. The van der Waals surface area contributed by atoms with Gasteiger partial charge in [0, 0.05) is 31.4 Å². The number of nitrogens with zero attached hydrogens (tertiary/aromatic N) is 2. The Morgan fingerprint density at radius 3 is 3.12 bits per heavy atom. The summed E-state index contributed by atoms with van der Waals surface area (Å²) in [5.74, 6) is 0.595. The molecule has 0 saturated carbocycles. The fourth-order valence-electron chi connectivity index (χ4n) is 2.28. The first-order valence-corrected chi connectivity index (χ1v) is 5.90.